The monoisotopic (exact) mass is 1470 g/mol. The second kappa shape index (κ2) is 74.2. The van der Waals surface area contributed by atoms with Crippen LogP contribution in [0.5, 0.6) is 0 Å². The van der Waals surface area contributed by atoms with Crippen LogP contribution in [-0.4, -0.2) is 96.7 Å². The van der Waals surface area contributed by atoms with Crippen LogP contribution in [0.1, 0.15) is 297 Å². The lowest BCUT2D eigenvalue weighted by Crippen LogP contribution is -2.30. The molecule has 3 N–H and O–H groups in total. The van der Waals surface area contributed by atoms with E-state index in [0.717, 1.165) is 148 Å². The molecule has 0 aliphatic heterocycles. The van der Waals surface area contributed by atoms with Crippen molar-refractivity contribution in [1.29, 1.82) is 0 Å². The molecule has 0 aliphatic rings. The zero-order valence-electron chi connectivity index (χ0n) is 63.5. The average Bonchev–Trinajstić information content (AvgIpc) is 0.940. The van der Waals surface area contributed by atoms with Gasteiger partial charge in [0.25, 0.3) is 0 Å². The number of phosphoric acid groups is 2. The fourth-order valence-electron chi connectivity index (χ4n) is 9.91. The van der Waals surface area contributed by atoms with Gasteiger partial charge in [-0.1, -0.05) is 283 Å². The average molecular weight is 1470 g/mol. The summed E-state index contributed by atoms with van der Waals surface area (Å²) in [6, 6.07) is 0. The minimum Gasteiger partial charge on any atom is -0.462 e. The van der Waals surface area contributed by atoms with Gasteiger partial charge in [0.15, 0.2) is 12.2 Å². The van der Waals surface area contributed by atoms with Crippen LogP contribution in [-0.2, 0) is 65.4 Å². The number of ether oxygens (including phenoxy) is 4. The Balaban J connectivity index is 5.46. The highest BCUT2D eigenvalue weighted by atomic mass is 31.2. The van der Waals surface area contributed by atoms with Gasteiger partial charge in [0.2, 0.25) is 0 Å². The molecule has 5 atom stereocenters. The lowest BCUT2D eigenvalue weighted by Gasteiger charge is -2.21. The molecule has 0 aromatic rings. The van der Waals surface area contributed by atoms with E-state index in [0.29, 0.717) is 32.1 Å². The van der Waals surface area contributed by atoms with Crippen molar-refractivity contribution in [2.45, 2.75) is 316 Å². The quantitative estimate of drug-likeness (QED) is 0.0169. The van der Waals surface area contributed by atoms with Crippen molar-refractivity contribution in [3.8, 4) is 0 Å². The number of hydrogen-bond donors (Lipinski definition) is 3. The number of hydrogen-bond acceptors (Lipinski definition) is 15. The second-order valence-corrected chi connectivity index (χ2v) is 28.4. The molecule has 0 amide bonds. The van der Waals surface area contributed by atoms with Gasteiger partial charge < -0.3 is 33.8 Å². The molecule has 0 saturated carbocycles. The van der Waals surface area contributed by atoms with E-state index in [1.54, 1.807) is 0 Å². The maximum absolute atomic E-state index is 13.1. The van der Waals surface area contributed by atoms with Gasteiger partial charge in [0.05, 0.1) is 26.4 Å². The van der Waals surface area contributed by atoms with E-state index in [-0.39, 0.29) is 25.7 Å². The van der Waals surface area contributed by atoms with Crippen molar-refractivity contribution in [2.75, 3.05) is 39.6 Å². The first-order chi connectivity index (χ1) is 49.7. The summed E-state index contributed by atoms with van der Waals surface area (Å²) >= 11 is 0. The molecule has 0 spiro atoms. The van der Waals surface area contributed by atoms with Crippen LogP contribution < -0.4 is 0 Å². The summed E-state index contributed by atoms with van der Waals surface area (Å²) in [5.74, 6) is -2.32. The summed E-state index contributed by atoms with van der Waals surface area (Å²) in [5, 5.41) is 10.6. The molecule has 19 heteroatoms. The van der Waals surface area contributed by atoms with Crippen LogP contribution >= 0.6 is 15.6 Å². The van der Waals surface area contributed by atoms with E-state index in [1.165, 1.54) is 64.2 Å². The molecule has 5 unspecified atom stereocenters. The summed E-state index contributed by atoms with van der Waals surface area (Å²) in [4.78, 5) is 72.8. The SMILES string of the molecule is CC/C=C\C/C=C\C/C=C\C/C=C\C/C=C\C/C=C\CCC(=O)OCC(COP(=O)(O)OCC(O)COP(=O)(O)OCC(COC(=O)CCCCCCC/C=C\CCCCCC)OC(=O)CCCCCCCCCCCCC)OC(=O)CCCCC/C=C\C/C=C\C/C=C\C/C=C\C/C=C\CC. The molecule has 102 heavy (non-hydrogen) atoms. The van der Waals surface area contributed by atoms with Crippen molar-refractivity contribution in [2.24, 2.45) is 0 Å². The summed E-state index contributed by atoms with van der Waals surface area (Å²) in [6.45, 7) is 4.49. The first kappa shape index (κ1) is 96.9. The van der Waals surface area contributed by atoms with E-state index >= 15 is 0 Å². The molecule has 0 aromatic carbocycles. The largest absolute Gasteiger partial charge is 0.472 e. The predicted molar refractivity (Wildman–Crippen MR) is 417 cm³/mol. The Morgan fingerprint density at radius 2 is 0.529 bits per heavy atom. The zero-order chi connectivity index (χ0) is 74.6. The highest BCUT2D eigenvalue weighted by Gasteiger charge is 2.30. The Kier molecular flexibility index (Phi) is 70.5. The standard InChI is InChI=1S/C83H138O17P2/c1-5-9-13-17-21-25-29-32-34-36-38-40-42-45-49-52-56-60-64-68-81(86)94-74-79(100-83(88)70-66-62-58-54-50-46-43-41-39-37-35-33-30-26-22-18-14-10-6-2)76-98-102(91,92)96-72-77(84)71-95-101(89,90)97-75-78(99-82(87)69-65-61-57-53-47-28-24-20-16-12-8-4)73-93-80(85)67-63-59-55-51-48-44-31-27-23-19-15-11-7-3/h9-10,13-14,21-22,25-27,31-35,38-41,45-46,49-50,56,60,77-79,84H,5-8,11-12,15-20,23-24,28-30,36-37,42-44,47-48,51-55,57-59,61-76H2,1-4H3,(H,89,90)(H,91,92)/b13-9-,14-10-,25-21-,26-22-,31-27-,34-32-,35-33-,40-38-,41-39-,49-45-,50-46-,60-56-. The number of unbranched alkanes of at least 4 members (excludes halogenated alkanes) is 22. The number of carbonyl (C=O) groups excluding carboxylic acids is 4. The maximum Gasteiger partial charge on any atom is 0.472 e. The molecule has 17 nitrogen and oxygen atoms in total. The van der Waals surface area contributed by atoms with Gasteiger partial charge in [0, 0.05) is 25.7 Å². The van der Waals surface area contributed by atoms with E-state index < -0.39 is 97.5 Å². The van der Waals surface area contributed by atoms with Gasteiger partial charge in [-0.2, -0.15) is 0 Å². The van der Waals surface area contributed by atoms with Gasteiger partial charge in [-0.3, -0.25) is 37.3 Å². The molecular formula is C83H138O17P2. The summed E-state index contributed by atoms with van der Waals surface area (Å²) in [5.41, 5.74) is 0. The van der Waals surface area contributed by atoms with Gasteiger partial charge in [-0.25, -0.2) is 9.13 Å². The first-order valence-corrected chi connectivity index (χ1v) is 42.1. The topological polar surface area (TPSA) is 237 Å². The molecule has 0 saturated heterocycles. The number of aliphatic hydroxyl groups is 1. The van der Waals surface area contributed by atoms with Crippen molar-refractivity contribution < 1.29 is 80.2 Å². The Morgan fingerprint density at radius 3 is 0.873 bits per heavy atom. The van der Waals surface area contributed by atoms with Crippen LogP contribution in [0.4, 0.5) is 0 Å². The number of phosphoric ester groups is 2. The highest BCUT2D eigenvalue weighted by Crippen LogP contribution is 2.45. The summed E-state index contributed by atoms with van der Waals surface area (Å²) in [7, 11) is -9.99. The van der Waals surface area contributed by atoms with E-state index in [9.17, 15) is 43.2 Å². The minimum absolute atomic E-state index is 0.0241. The van der Waals surface area contributed by atoms with Crippen molar-refractivity contribution >= 4 is 39.5 Å². The molecular weight excluding hydrogens is 1330 g/mol. The fourth-order valence-corrected chi connectivity index (χ4v) is 11.5. The van der Waals surface area contributed by atoms with Gasteiger partial charge in [-0.05, 0) is 135 Å². The smallest absolute Gasteiger partial charge is 0.462 e. The third kappa shape index (κ3) is 73.3. The van der Waals surface area contributed by atoms with Crippen LogP contribution in [0, 0.1) is 0 Å². The molecule has 0 aliphatic carbocycles. The Bertz CT molecular complexity index is 2510. The lowest BCUT2D eigenvalue weighted by molar-refractivity contribution is -0.161. The number of rotatable bonds is 72. The number of allylic oxidation sites excluding steroid dienone is 24. The van der Waals surface area contributed by atoms with Crippen LogP contribution in [0.25, 0.3) is 0 Å². The third-order valence-electron chi connectivity index (χ3n) is 15.8. The second-order valence-electron chi connectivity index (χ2n) is 25.5. The minimum atomic E-state index is -5.01. The first-order valence-electron chi connectivity index (χ1n) is 39.1. The van der Waals surface area contributed by atoms with Crippen LogP contribution in [0.2, 0.25) is 0 Å². The molecule has 0 bridgehead atoms. The lowest BCUT2D eigenvalue weighted by atomic mass is 10.1. The normalized spacial score (nSPS) is 14.7. The molecule has 0 fully saturated rings. The fraction of sp³-hybridized carbons (Fsp3) is 0.663. The molecule has 0 heterocycles. The molecule has 0 rings (SSSR count). The Morgan fingerprint density at radius 1 is 0.284 bits per heavy atom. The van der Waals surface area contributed by atoms with Crippen molar-refractivity contribution in [1.82, 2.24) is 0 Å². The van der Waals surface area contributed by atoms with Gasteiger partial charge in [-0.15, -0.1) is 0 Å². The maximum atomic E-state index is 13.1. The van der Waals surface area contributed by atoms with Crippen molar-refractivity contribution in [3.63, 3.8) is 0 Å². The Labute approximate surface area is 617 Å². The molecule has 0 radical (unpaired) electrons. The zero-order valence-corrected chi connectivity index (χ0v) is 65.3. The summed E-state index contributed by atoms with van der Waals surface area (Å²) < 4.78 is 68.4. The number of esters is 4. The third-order valence-corrected chi connectivity index (χ3v) is 17.7. The summed E-state index contributed by atoms with van der Waals surface area (Å²) in [6.07, 6.45) is 84.2. The highest BCUT2D eigenvalue weighted by molar-refractivity contribution is 7.47. The molecule has 0 aromatic heterocycles. The predicted octanol–water partition coefficient (Wildman–Crippen LogP) is 22.7. The Hall–Kier alpha value is -5.06. The molecule has 582 valence electrons. The van der Waals surface area contributed by atoms with Crippen molar-refractivity contribution in [3.05, 3.63) is 146 Å². The van der Waals surface area contributed by atoms with E-state index in [2.05, 4.69) is 155 Å². The van der Waals surface area contributed by atoms with Crippen LogP contribution in [0.15, 0.2) is 146 Å². The number of aliphatic hydroxyl groups excluding tert-OH is 1. The number of carbonyl (C=O) groups is 4. The van der Waals surface area contributed by atoms with E-state index in [1.807, 2.05) is 18.2 Å². The van der Waals surface area contributed by atoms with Gasteiger partial charge in [0.1, 0.15) is 19.3 Å². The van der Waals surface area contributed by atoms with Gasteiger partial charge >= 0.3 is 39.5 Å². The van der Waals surface area contributed by atoms with E-state index in [4.69, 9.17) is 37.0 Å². The van der Waals surface area contributed by atoms with Crippen LogP contribution in [0.3, 0.4) is 0 Å².